The summed E-state index contributed by atoms with van der Waals surface area (Å²) in [6.45, 7) is 1.93. The highest BCUT2D eigenvalue weighted by Gasteiger charge is 2.36. The summed E-state index contributed by atoms with van der Waals surface area (Å²) in [7, 11) is -3.53. The van der Waals surface area contributed by atoms with Crippen LogP contribution in [0.1, 0.15) is 18.4 Å². The van der Waals surface area contributed by atoms with E-state index in [1.165, 1.54) is 0 Å². The van der Waals surface area contributed by atoms with Crippen molar-refractivity contribution in [3.8, 4) is 0 Å². The lowest BCUT2D eigenvalue weighted by atomic mass is 9.83. The monoisotopic (exact) mass is 377 g/mol. The Kier molecular flexibility index (Phi) is 5.79. The van der Waals surface area contributed by atoms with Crippen LogP contribution in [-0.4, -0.2) is 34.0 Å². The summed E-state index contributed by atoms with van der Waals surface area (Å²) in [6.07, 6.45) is 1.31. The molecule has 2 N–H and O–H groups in total. The summed E-state index contributed by atoms with van der Waals surface area (Å²) in [4.78, 5) is 0. The molecule has 1 aromatic rings. The minimum atomic E-state index is -3.53. The minimum absolute atomic E-state index is 0.0537. The van der Waals surface area contributed by atoms with E-state index in [9.17, 15) is 8.42 Å². The molecule has 0 atom stereocenters. The van der Waals surface area contributed by atoms with Crippen LogP contribution in [0, 0.1) is 5.41 Å². The first-order valence-electron chi connectivity index (χ1n) is 6.79. The predicted molar refractivity (Wildman–Crippen MR) is 84.3 cm³/mol. The largest absolute Gasteiger partial charge is 0.381 e. The number of hydrogen-bond acceptors (Lipinski definition) is 4. The molecule has 0 saturated carbocycles. The van der Waals surface area contributed by atoms with Crippen molar-refractivity contribution in [1.29, 1.82) is 0 Å². The van der Waals surface area contributed by atoms with Crippen molar-refractivity contribution < 1.29 is 17.9 Å². The molecule has 0 spiro atoms. The molecule has 2 rings (SSSR count). The van der Waals surface area contributed by atoms with E-state index in [0.717, 1.165) is 10.0 Å². The quantitative estimate of drug-likeness (QED) is 0.822. The van der Waals surface area contributed by atoms with Gasteiger partial charge in [0.25, 0.3) is 0 Å². The van der Waals surface area contributed by atoms with Crippen LogP contribution >= 0.6 is 15.9 Å². The van der Waals surface area contributed by atoms with E-state index in [0.29, 0.717) is 39.3 Å². The average Bonchev–Trinajstić information content (AvgIpc) is 2.37. The average molecular weight is 378 g/mol. The van der Waals surface area contributed by atoms with Crippen molar-refractivity contribution in [3.63, 3.8) is 0 Å². The van der Waals surface area contributed by atoms with Gasteiger partial charge in [0.2, 0.25) is 10.0 Å². The highest BCUT2D eigenvalue weighted by molar-refractivity contribution is 9.10. The van der Waals surface area contributed by atoms with Gasteiger partial charge in [0.15, 0.2) is 0 Å². The molecule has 0 unspecified atom stereocenters. The van der Waals surface area contributed by atoms with Gasteiger partial charge in [0.1, 0.15) is 0 Å². The van der Waals surface area contributed by atoms with Gasteiger partial charge in [-0.25, -0.2) is 13.6 Å². The Labute approximate surface area is 134 Å². The van der Waals surface area contributed by atoms with E-state index in [-0.39, 0.29) is 5.75 Å². The fourth-order valence-electron chi connectivity index (χ4n) is 2.57. The summed E-state index contributed by atoms with van der Waals surface area (Å²) in [5, 5.41) is 5.22. The summed E-state index contributed by atoms with van der Waals surface area (Å²) < 4.78 is 35.0. The van der Waals surface area contributed by atoms with Crippen molar-refractivity contribution in [1.82, 2.24) is 0 Å². The molecule has 0 amide bonds. The van der Waals surface area contributed by atoms with Crippen molar-refractivity contribution in [2.45, 2.75) is 19.4 Å². The minimum Gasteiger partial charge on any atom is -0.381 e. The number of hydrogen-bond donors (Lipinski definition) is 1. The maximum absolute atomic E-state index is 11.5. The molecular formula is C14H20BrNO4S. The second kappa shape index (κ2) is 7.19. The molecule has 1 fully saturated rings. The van der Waals surface area contributed by atoms with Gasteiger partial charge in [-0.15, -0.1) is 0 Å². The summed E-state index contributed by atoms with van der Waals surface area (Å²) in [5.74, 6) is -0.0537. The topological polar surface area (TPSA) is 78.6 Å². The Morgan fingerprint density at radius 2 is 2.05 bits per heavy atom. The first kappa shape index (κ1) is 16.9. The third-order valence-corrected chi connectivity index (χ3v) is 5.13. The number of rotatable bonds is 6. The molecule has 1 aliphatic rings. The molecule has 5 nitrogen and oxygen atoms in total. The zero-order chi connectivity index (χ0) is 15.3. The van der Waals surface area contributed by atoms with Crippen molar-refractivity contribution in [3.05, 3.63) is 34.3 Å². The first-order chi connectivity index (χ1) is 9.89. The normalized spacial score (nSPS) is 18.6. The molecule has 1 saturated heterocycles. The predicted octanol–water partition coefficient (Wildman–Crippen LogP) is 2.05. The van der Waals surface area contributed by atoms with Crippen LogP contribution < -0.4 is 5.14 Å². The third kappa shape index (κ3) is 5.67. The Morgan fingerprint density at radius 3 is 2.67 bits per heavy atom. The van der Waals surface area contributed by atoms with Crippen molar-refractivity contribution >= 4 is 26.0 Å². The van der Waals surface area contributed by atoms with E-state index in [2.05, 4.69) is 15.9 Å². The maximum Gasteiger partial charge on any atom is 0.209 e. The van der Waals surface area contributed by atoms with Crippen LogP contribution in [0.15, 0.2) is 28.7 Å². The van der Waals surface area contributed by atoms with E-state index < -0.39 is 15.4 Å². The maximum atomic E-state index is 11.5. The van der Waals surface area contributed by atoms with Gasteiger partial charge in [-0.1, -0.05) is 28.1 Å². The van der Waals surface area contributed by atoms with Crippen molar-refractivity contribution in [2.24, 2.45) is 10.6 Å². The van der Waals surface area contributed by atoms with Gasteiger partial charge in [0.05, 0.1) is 19.0 Å². The molecule has 1 heterocycles. The Bertz CT molecular complexity index is 570. The lowest BCUT2D eigenvalue weighted by Gasteiger charge is -2.36. The second-order valence-corrected chi connectivity index (χ2v) is 8.07. The number of benzene rings is 1. The molecule has 0 aliphatic carbocycles. The summed E-state index contributed by atoms with van der Waals surface area (Å²) >= 11 is 3.41. The number of primary sulfonamides is 1. The number of ether oxygens (including phenoxy) is 2. The van der Waals surface area contributed by atoms with Crippen LogP contribution in [-0.2, 0) is 26.1 Å². The van der Waals surface area contributed by atoms with Gasteiger partial charge in [-0.3, -0.25) is 0 Å². The molecule has 21 heavy (non-hydrogen) atoms. The number of sulfonamides is 1. The smallest absolute Gasteiger partial charge is 0.209 e. The fraction of sp³-hybridized carbons (Fsp3) is 0.571. The van der Waals surface area contributed by atoms with Gasteiger partial charge in [-0.2, -0.15) is 0 Å². The van der Waals surface area contributed by atoms with Crippen LogP contribution in [0.5, 0.6) is 0 Å². The summed E-state index contributed by atoms with van der Waals surface area (Å²) in [6, 6.07) is 7.85. The van der Waals surface area contributed by atoms with Crippen LogP contribution in [0.4, 0.5) is 0 Å². The SMILES string of the molecule is NS(=O)(=O)CC1(COCc2cccc(Br)c2)CCOCC1. The zero-order valence-corrected chi connectivity index (χ0v) is 14.2. The highest BCUT2D eigenvalue weighted by Crippen LogP contribution is 2.32. The number of nitrogens with two attached hydrogens (primary N) is 1. The molecule has 0 radical (unpaired) electrons. The highest BCUT2D eigenvalue weighted by atomic mass is 79.9. The summed E-state index contributed by atoms with van der Waals surface area (Å²) in [5.41, 5.74) is 0.611. The molecule has 118 valence electrons. The van der Waals surface area contributed by atoms with Gasteiger partial charge >= 0.3 is 0 Å². The molecule has 0 bridgehead atoms. The lowest BCUT2D eigenvalue weighted by Crippen LogP contribution is -2.41. The van der Waals surface area contributed by atoms with E-state index >= 15 is 0 Å². The standard InChI is InChI=1S/C14H20BrNO4S/c15-13-3-1-2-12(8-13)9-20-10-14(11-21(16,17)18)4-6-19-7-5-14/h1-3,8H,4-7,9-11H2,(H2,16,17,18). The Hall–Kier alpha value is -0.470. The molecule has 1 aromatic carbocycles. The second-order valence-electron chi connectivity index (χ2n) is 5.54. The fourth-order valence-corrected chi connectivity index (χ4v) is 4.25. The molecule has 1 aliphatic heterocycles. The Balaban J connectivity index is 1.96. The van der Waals surface area contributed by atoms with Gasteiger partial charge < -0.3 is 9.47 Å². The van der Waals surface area contributed by atoms with E-state index in [1.54, 1.807) is 0 Å². The Morgan fingerprint density at radius 1 is 1.33 bits per heavy atom. The first-order valence-corrected chi connectivity index (χ1v) is 9.30. The molecular weight excluding hydrogens is 358 g/mol. The van der Waals surface area contributed by atoms with Crippen LogP contribution in [0.2, 0.25) is 0 Å². The van der Waals surface area contributed by atoms with Crippen LogP contribution in [0.25, 0.3) is 0 Å². The molecule has 7 heteroatoms. The van der Waals surface area contributed by atoms with Crippen LogP contribution in [0.3, 0.4) is 0 Å². The zero-order valence-electron chi connectivity index (χ0n) is 11.8. The van der Waals surface area contributed by atoms with E-state index in [4.69, 9.17) is 14.6 Å². The van der Waals surface area contributed by atoms with E-state index in [1.807, 2.05) is 24.3 Å². The van der Waals surface area contributed by atoms with Crippen molar-refractivity contribution in [2.75, 3.05) is 25.6 Å². The third-order valence-electron chi connectivity index (χ3n) is 3.63. The van der Waals surface area contributed by atoms with Gasteiger partial charge in [0, 0.05) is 23.1 Å². The van der Waals surface area contributed by atoms with Gasteiger partial charge in [-0.05, 0) is 30.5 Å². The molecule has 0 aromatic heterocycles. The lowest BCUT2D eigenvalue weighted by molar-refractivity contribution is -0.0325. The number of halogens is 1.